The summed E-state index contributed by atoms with van der Waals surface area (Å²) in [7, 11) is 0. The van der Waals surface area contributed by atoms with E-state index in [4.69, 9.17) is 23.2 Å². The Hall–Kier alpha value is 0.170. The molecule has 2 rings (SSSR count). The Labute approximate surface area is 108 Å². The molecule has 1 aromatic carbocycles. The summed E-state index contributed by atoms with van der Waals surface area (Å²) in [5.41, 5.74) is 0.703. The van der Waals surface area contributed by atoms with E-state index in [-0.39, 0.29) is 0 Å². The number of halogens is 4. The Kier molecular flexibility index (Phi) is 3.03. The first-order valence-corrected chi connectivity index (χ1v) is 6.03. The van der Waals surface area contributed by atoms with E-state index in [2.05, 4.69) is 36.8 Å². The van der Waals surface area contributed by atoms with Gasteiger partial charge in [0.15, 0.2) is 0 Å². The molecule has 5 heteroatoms. The Morgan fingerprint density at radius 1 is 1.07 bits per heavy atom. The van der Waals surface area contributed by atoms with Gasteiger partial charge in [0, 0.05) is 16.1 Å². The van der Waals surface area contributed by atoms with Crippen molar-refractivity contribution in [2.24, 2.45) is 0 Å². The first-order chi connectivity index (χ1) is 6.61. The summed E-state index contributed by atoms with van der Waals surface area (Å²) in [6.45, 7) is 0. The van der Waals surface area contributed by atoms with Crippen molar-refractivity contribution in [2.75, 3.05) is 0 Å². The normalized spacial score (nSPS) is 10.9. The molecule has 0 N–H and O–H groups in total. The molecule has 0 bridgehead atoms. The summed E-state index contributed by atoms with van der Waals surface area (Å²) in [5.74, 6) is 0. The second-order valence-electron chi connectivity index (χ2n) is 2.67. The molecule has 2 aromatic rings. The van der Waals surface area contributed by atoms with Crippen molar-refractivity contribution >= 4 is 66.0 Å². The Morgan fingerprint density at radius 3 is 2.50 bits per heavy atom. The van der Waals surface area contributed by atoms with E-state index in [9.17, 15) is 0 Å². The number of pyridine rings is 1. The number of rotatable bonds is 0. The average molecular weight is 356 g/mol. The third kappa shape index (κ3) is 1.67. The van der Waals surface area contributed by atoms with Crippen LogP contribution in [0.1, 0.15) is 0 Å². The maximum absolute atomic E-state index is 6.13. The number of hydrogen-bond donors (Lipinski definition) is 0. The largest absolute Gasteiger partial charge is 0.253 e. The first kappa shape index (κ1) is 10.7. The molecule has 0 aliphatic heterocycles. The second-order valence-corrected chi connectivity index (χ2v) is 5.17. The van der Waals surface area contributed by atoms with Crippen LogP contribution in [0.5, 0.6) is 0 Å². The van der Waals surface area contributed by atoms with E-state index in [1.165, 1.54) is 0 Å². The minimum atomic E-state index is 0.595. The Balaban J connectivity index is 3.01. The molecule has 0 fully saturated rings. The highest BCUT2D eigenvalue weighted by Crippen LogP contribution is 2.37. The van der Waals surface area contributed by atoms with Crippen molar-refractivity contribution in [3.05, 3.63) is 37.3 Å². The van der Waals surface area contributed by atoms with Crippen molar-refractivity contribution in [3.63, 3.8) is 0 Å². The van der Waals surface area contributed by atoms with Crippen LogP contribution in [-0.2, 0) is 0 Å². The summed E-state index contributed by atoms with van der Waals surface area (Å²) in [6, 6.07) is 3.63. The molecular formula is C9H3Br2Cl2N. The van der Waals surface area contributed by atoms with E-state index in [1.807, 2.05) is 6.07 Å². The fourth-order valence-electron chi connectivity index (χ4n) is 1.17. The summed E-state index contributed by atoms with van der Waals surface area (Å²) in [5, 5.41) is 2.04. The molecular weight excluding hydrogens is 353 g/mol. The molecule has 1 aromatic heterocycles. The fourth-order valence-corrected chi connectivity index (χ4v) is 2.55. The lowest BCUT2D eigenvalue weighted by molar-refractivity contribution is 1.39. The lowest BCUT2D eigenvalue weighted by atomic mass is 10.2. The maximum Gasteiger partial charge on any atom is 0.0915 e. The molecule has 14 heavy (non-hydrogen) atoms. The smallest absolute Gasteiger partial charge is 0.0915 e. The van der Waals surface area contributed by atoms with Crippen molar-refractivity contribution in [1.82, 2.24) is 4.98 Å². The van der Waals surface area contributed by atoms with Gasteiger partial charge in [0.1, 0.15) is 0 Å². The minimum Gasteiger partial charge on any atom is -0.253 e. The van der Waals surface area contributed by atoms with Crippen LogP contribution in [0.2, 0.25) is 10.0 Å². The van der Waals surface area contributed by atoms with Crippen LogP contribution in [0.25, 0.3) is 10.9 Å². The summed E-state index contributed by atoms with van der Waals surface area (Å²) < 4.78 is 1.64. The van der Waals surface area contributed by atoms with Crippen LogP contribution >= 0.6 is 55.1 Å². The molecule has 1 heterocycles. The lowest BCUT2D eigenvalue weighted by Gasteiger charge is -2.05. The molecule has 0 saturated heterocycles. The fraction of sp³-hybridized carbons (Fsp3) is 0. The van der Waals surface area contributed by atoms with Crippen LogP contribution in [-0.4, -0.2) is 4.98 Å². The molecule has 0 aliphatic rings. The molecule has 0 amide bonds. The monoisotopic (exact) mass is 353 g/mol. The molecule has 0 atom stereocenters. The highest BCUT2D eigenvalue weighted by atomic mass is 79.9. The third-order valence-corrected chi connectivity index (χ3v) is 4.00. The van der Waals surface area contributed by atoms with Gasteiger partial charge in [0.25, 0.3) is 0 Å². The van der Waals surface area contributed by atoms with Gasteiger partial charge >= 0.3 is 0 Å². The molecule has 0 spiro atoms. The first-order valence-electron chi connectivity index (χ1n) is 3.69. The number of nitrogens with zero attached hydrogens (tertiary/aromatic N) is 1. The van der Waals surface area contributed by atoms with Crippen LogP contribution < -0.4 is 0 Å². The topological polar surface area (TPSA) is 12.9 Å². The van der Waals surface area contributed by atoms with Crippen LogP contribution in [0.4, 0.5) is 0 Å². The number of aromatic nitrogens is 1. The summed E-state index contributed by atoms with van der Waals surface area (Å²) in [4.78, 5) is 4.21. The predicted molar refractivity (Wildman–Crippen MR) is 67.2 cm³/mol. The van der Waals surface area contributed by atoms with Crippen molar-refractivity contribution in [3.8, 4) is 0 Å². The molecule has 72 valence electrons. The Bertz CT molecular complexity index is 514. The number of hydrogen-bond acceptors (Lipinski definition) is 1. The van der Waals surface area contributed by atoms with Gasteiger partial charge in [-0.05, 0) is 28.1 Å². The highest BCUT2D eigenvalue weighted by molar-refractivity contribution is 9.11. The SMILES string of the molecule is Clc1ccc(Br)c2c(Cl)c(Br)cnc12. The lowest BCUT2D eigenvalue weighted by Crippen LogP contribution is -1.84. The van der Waals surface area contributed by atoms with Crippen LogP contribution in [0, 0.1) is 0 Å². The van der Waals surface area contributed by atoms with Gasteiger partial charge in [-0.15, -0.1) is 0 Å². The van der Waals surface area contributed by atoms with Crippen molar-refractivity contribution in [2.45, 2.75) is 0 Å². The van der Waals surface area contributed by atoms with Gasteiger partial charge < -0.3 is 0 Å². The van der Waals surface area contributed by atoms with Gasteiger partial charge in [-0.25, -0.2) is 0 Å². The maximum atomic E-state index is 6.13. The van der Waals surface area contributed by atoms with Gasteiger partial charge in [-0.3, -0.25) is 4.98 Å². The van der Waals surface area contributed by atoms with E-state index in [0.29, 0.717) is 15.6 Å². The van der Waals surface area contributed by atoms with Gasteiger partial charge in [0.05, 0.1) is 20.0 Å². The zero-order valence-corrected chi connectivity index (χ0v) is 11.4. The zero-order valence-electron chi connectivity index (χ0n) is 6.69. The summed E-state index contributed by atoms with van der Waals surface area (Å²) in [6.07, 6.45) is 1.64. The zero-order chi connectivity index (χ0) is 10.3. The van der Waals surface area contributed by atoms with Crippen LogP contribution in [0.15, 0.2) is 27.3 Å². The van der Waals surface area contributed by atoms with Crippen LogP contribution in [0.3, 0.4) is 0 Å². The van der Waals surface area contributed by atoms with Crippen molar-refractivity contribution in [1.29, 1.82) is 0 Å². The van der Waals surface area contributed by atoms with Gasteiger partial charge in [0.2, 0.25) is 0 Å². The molecule has 0 aliphatic carbocycles. The molecule has 0 unspecified atom stereocenters. The van der Waals surface area contributed by atoms with Crippen molar-refractivity contribution < 1.29 is 0 Å². The van der Waals surface area contributed by atoms with E-state index in [1.54, 1.807) is 12.3 Å². The highest BCUT2D eigenvalue weighted by Gasteiger charge is 2.10. The van der Waals surface area contributed by atoms with E-state index < -0.39 is 0 Å². The number of benzene rings is 1. The quantitative estimate of drug-likeness (QED) is 0.643. The average Bonchev–Trinajstić information content (AvgIpc) is 2.16. The number of fused-ring (bicyclic) bond motifs is 1. The molecule has 1 nitrogen and oxygen atoms in total. The molecule has 0 radical (unpaired) electrons. The predicted octanol–water partition coefficient (Wildman–Crippen LogP) is 5.07. The minimum absolute atomic E-state index is 0.595. The van der Waals surface area contributed by atoms with E-state index >= 15 is 0 Å². The Morgan fingerprint density at radius 2 is 1.79 bits per heavy atom. The van der Waals surface area contributed by atoms with Gasteiger partial charge in [-0.2, -0.15) is 0 Å². The van der Waals surface area contributed by atoms with Gasteiger partial charge in [-0.1, -0.05) is 39.1 Å². The summed E-state index contributed by atoms with van der Waals surface area (Å²) >= 11 is 18.9. The molecule has 0 saturated carbocycles. The third-order valence-electron chi connectivity index (χ3n) is 1.81. The second kappa shape index (κ2) is 3.97. The van der Waals surface area contributed by atoms with E-state index in [0.717, 1.165) is 14.3 Å². The standard InChI is InChI=1S/C9H3Br2Cl2N/c10-4-1-2-6(12)9-7(4)8(13)5(11)3-14-9/h1-3H.